The molecule has 0 radical (unpaired) electrons. The zero-order valence-corrected chi connectivity index (χ0v) is 12.9. The molecule has 0 fully saturated rings. The molecule has 1 amide bonds. The van der Waals surface area contributed by atoms with Gasteiger partial charge in [0.1, 0.15) is 0 Å². The van der Waals surface area contributed by atoms with Crippen LogP contribution in [0.25, 0.3) is 0 Å². The Kier molecular flexibility index (Phi) is 5.08. The van der Waals surface area contributed by atoms with Crippen LogP contribution in [0.2, 0.25) is 0 Å². The minimum absolute atomic E-state index is 0.149. The van der Waals surface area contributed by atoms with E-state index in [0.717, 1.165) is 6.07 Å². The van der Waals surface area contributed by atoms with Crippen molar-refractivity contribution in [2.75, 3.05) is 5.43 Å². The van der Waals surface area contributed by atoms with Gasteiger partial charge in [-0.25, -0.2) is 0 Å². The Morgan fingerprint density at radius 2 is 1.64 bits per heavy atom. The molecular weight excluding hydrogens is 335 g/mol. The van der Waals surface area contributed by atoms with E-state index in [1.807, 2.05) is 0 Å². The van der Waals surface area contributed by atoms with E-state index < -0.39 is 17.6 Å². The van der Waals surface area contributed by atoms with E-state index >= 15 is 0 Å². The summed E-state index contributed by atoms with van der Waals surface area (Å²) in [5, 5.41) is 8.72. The van der Waals surface area contributed by atoms with Crippen molar-refractivity contribution < 1.29 is 22.8 Å². The van der Waals surface area contributed by atoms with Crippen LogP contribution in [0, 0.1) is 11.3 Å². The predicted octanol–water partition coefficient (Wildman–Crippen LogP) is 3.54. The number of nitriles is 1. The number of hydrogen-bond acceptors (Lipinski definition) is 4. The molecule has 0 saturated heterocycles. The fraction of sp³-hybridized carbons (Fsp3) is 0.118. The van der Waals surface area contributed by atoms with Crippen LogP contribution in [0.3, 0.4) is 0 Å². The van der Waals surface area contributed by atoms with Gasteiger partial charge < -0.3 is 0 Å². The van der Waals surface area contributed by atoms with Crippen molar-refractivity contribution in [2.24, 2.45) is 0 Å². The predicted molar refractivity (Wildman–Crippen MR) is 83.7 cm³/mol. The van der Waals surface area contributed by atoms with Crippen LogP contribution in [-0.2, 0) is 6.18 Å². The fourth-order valence-electron chi connectivity index (χ4n) is 2.01. The molecule has 0 aliphatic heterocycles. The van der Waals surface area contributed by atoms with Crippen molar-refractivity contribution in [1.82, 2.24) is 5.43 Å². The number of anilines is 1. The SMILES string of the molecule is CC(=O)c1ccc(C(=O)NNc2ccc(C#N)cc2C(F)(F)F)cc1. The van der Waals surface area contributed by atoms with Crippen LogP contribution < -0.4 is 10.9 Å². The van der Waals surface area contributed by atoms with E-state index in [4.69, 9.17) is 5.26 Å². The van der Waals surface area contributed by atoms with E-state index in [1.165, 1.54) is 37.3 Å². The van der Waals surface area contributed by atoms with Crippen LogP contribution in [0.5, 0.6) is 0 Å². The van der Waals surface area contributed by atoms with Gasteiger partial charge in [-0.15, -0.1) is 0 Å². The number of alkyl halides is 3. The van der Waals surface area contributed by atoms with E-state index in [0.29, 0.717) is 11.6 Å². The van der Waals surface area contributed by atoms with Crippen molar-refractivity contribution >= 4 is 17.4 Å². The third-order valence-electron chi connectivity index (χ3n) is 3.32. The van der Waals surface area contributed by atoms with Gasteiger partial charge in [-0.3, -0.25) is 20.4 Å². The molecule has 0 bridgehead atoms. The average Bonchev–Trinajstić information content (AvgIpc) is 2.58. The molecule has 2 rings (SSSR count). The molecule has 5 nitrogen and oxygen atoms in total. The number of rotatable bonds is 4. The quantitative estimate of drug-likeness (QED) is 0.655. The number of nitrogens with zero attached hydrogens (tertiary/aromatic N) is 1. The number of hydrazine groups is 1. The van der Waals surface area contributed by atoms with Crippen LogP contribution >= 0.6 is 0 Å². The third kappa shape index (κ3) is 4.35. The highest BCUT2D eigenvalue weighted by Gasteiger charge is 2.34. The monoisotopic (exact) mass is 347 g/mol. The first-order valence-corrected chi connectivity index (χ1v) is 7.01. The first kappa shape index (κ1) is 18.0. The minimum atomic E-state index is -4.69. The zero-order chi connectivity index (χ0) is 18.6. The Labute approximate surface area is 141 Å². The molecule has 8 heteroatoms. The maximum Gasteiger partial charge on any atom is 0.418 e. The second-order valence-corrected chi connectivity index (χ2v) is 5.08. The highest BCUT2D eigenvalue weighted by molar-refractivity contribution is 5.98. The smallest absolute Gasteiger partial charge is 0.298 e. The third-order valence-corrected chi connectivity index (χ3v) is 3.32. The number of halogens is 3. The lowest BCUT2D eigenvalue weighted by Crippen LogP contribution is -2.30. The highest BCUT2D eigenvalue weighted by atomic mass is 19.4. The highest BCUT2D eigenvalue weighted by Crippen LogP contribution is 2.35. The number of ketones is 1. The lowest BCUT2D eigenvalue weighted by molar-refractivity contribution is -0.137. The summed E-state index contributed by atoms with van der Waals surface area (Å²) in [5.74, 6) is -0.843. The normalized spacial score (nSPS) is 10.7. The van der Waals surface area contributed by atoms with Crippen LogP contribution in [0.15, 0.2) is 42.5 Å². The number of benzene rings is 2. The van der Waals surface area contributed by atoms with E-state index in [-0.39, 0.29) is 22.6 Å². The average molecular weight is 347 g/mol. The van der Waals surface area contributed by atoms with Crippen LogP contribution in [0.4, 0.5) is 18.9 Å². The van der Waals surface area contributed by atoms with Crippen LogP contribution in [-0.4, -0.2) is 11.7 Å². The summed E-state index contributed by atoms with van der Waals surface area (Å²) in [5.41, 5.74) is 3.34. The van der Waals surface area contributed by atoms with Gasteiger partial charge in [0.25, 0.3) is 5.91 Å². The molecule has 0 saturated carbocycles. The number of nitrogens with one attached hydrogen (secondary N) is 2. The molecule has 0 unspecified atom stereocenters. The molecular formula is C17H12F3N3O2. The summed E-state index contributed by atoms with van der Waals surface area (Å²) in [6.45, 7) is 1.38. The topological polar surface area (TPSA) is 82.0 Å². The van der Waals surface area contributed by atoms with Gasteiger partial charge >= 0.3 is 6.18 Å². The summed E-state index contributed by atoms with van der Waals surface area (Å²) >= 11 is 0. The molecule has 0 aliphatic carbocycles. The van der Waals surface area contributed by atoms with Crippen LogP contribution in [0.1, 0.15) is 38.8 Å². The van der Waals surface area contributed by atoms with Crippen molar-refractivity contribution in [3.63, 3.8) is 0 Å². The number of carbonyl (C=O) groups is 2. The number of amides is 1. The fourth-order valence-corrected chi connectivity index (χ4v) is 2.01. The number of hydrogen-bond donors (Lipinski definition) is 2. The summed E-state index contributed by atoms with van der Waals surface area (Å²) in [6, 6.07) is 10.2. The van der Waals surface area contributed by atoms with Gasteiger partial charge in [0.05, 0.1) is 22.9 Å². The minimum Gasteiger partial charge on any atom is -0.298 e. The molecule has 0 atom stereocenters. The molecule has 0 aliphatic rings. The molecule has 0 aromatic heterocycles. The first-order chi connectivity index (χ1) is 11.7. The molecule has 25 heavy (non-hydrogen) atoms. The summed E-state index contributed by atoms with van der Waals surface area (Å²) in [4.78, 5) is 23.2. The number of Topliss-reactive ketones (excluding diaryl/α,β-unsaturated/α-hetero) is 1. The van der Waals surface area contributed by atoms with Crippen molar-refractivity contribution in [2.45, 2.75) is 13.1 Å². The second kappa shape index (κ2) is 7.05. The Balaban J connectivity index is 2.17. The van der Waals surface area contributed by atoms with Gasteiger partial charge in [-0.05, 0) is 37.3 Å². The van der Waals surface area contributed by atoms with Crippen molar-refractivity contribution in [1.29, 1.82) is 5.26 Å². The van der Waals surface area contributed by atoms with Crippen molar-refractivity contribution in [3.8, 4) is 6.07 Å². The summed E-state index contributed by atoms with van der Waals surface area (Å²) in [6.07, 6.45) is -4.69. The largest absolute Gasteiger partial charge is 0.418 e. The van der Waals surface area contributed by atoms with Gasteiger partial charge in [0, 0.05) is 11.1 Å². The van der Waals surface area contributed by atoms with Gasteiger partial charge in [0.2, 0.25) is 0 Å². The second-order valence-electron chi connectivity index (χ2n) is 5.08. The number of carbonyl (C=O) groups excluding carboxylic acids is 2. The zero-order valence-electron chi connectivity index (χ0n) is 12.9. The summed E-state index contributed by atoms with van der Waals surface area (Å²) < 4.78 is 39.1. The molecule has 2 aromatic rings. The maximum absolute atomic E-state index is 13.0. The first-order valence-electron chi connectivity index (χ1n) is 7.01. The molecule has 0 heterocycles. The molecule has 0 spiro atoms. The standard InChI is InChI=1S/C17H12F3N3O2/c1-10(24)12-3-5-13(6-4-12)16(25)23-22-15-7-2-11(9-21)8-14(15)17(18,19)20/h2-8,22H,1H3,(H,23,25). The van der Waals surface area contributed by atoms with E-state index in [1.54, 1.807) is 6.07 Å². The van der Waals surface area contributed by atoms with E-state index in [2.05, 4.69) is 10.9 Å². The molecule has 2 aromatic carbocycles. The van der Waals surface area contributed by atoms with Crippen molar-refractivity contribution in [3.05, 3.63) is 64.7 Å². The lowest BCUT2D eigenvalue weighted by Gasteiger charge is -2.15. The Hall–Kier alpha value is -3.34. The van der Waals surface area contributed by atoms with Gasteiger partial charge in [0.15, 0.2) is 5.78 Å². The Morgan fingerprint density at radius 1 is 1.04 bits per heavy atom. The Morgan fingerprint density at radius 3 is 2.16 bits per heavy atom. The molecule has 2 N–H and O–H groups in total. The van der Waals surface area contributed by atoms with Gasteiger partial charge in [-0.1, -0.05) is 12.1 Å². The summed E-state index contributed by atoms with van der Waals surface area (Å²) in [7, 11) is 0. The Bertz CT molecular complexity index is 853. The maximum atomic E-state index is 13.0. The molecule has 128 valence electrons. The van der Waals surface area contributed by atoms with Gasteiger partial charge in [-0.2, -0.15) is 18.4 Å². The lowest BCUT2D eigenvalue weighted by atomic mass is 10.1. The van der Waals surface area contributed by atoms with E-state index in [9.17, 15) is 22.8 Å².